The molecule has 3 nitrogen and oxygen atoms in total. The number of aromatic nitrogens is 1. The Morgan fingerprint density at radius 3 is 2.82 bits per heavy atom. The maximum absolute atomic E-state index is 12.7. The number of piperidine rings is 1. The molecule has 94 valence electrons. The van der Waals surface area contributed by atoms with E-state index in [0.29, 0.717) is 24.5 Å². The number of rotatable bonds is 1. The van der Waals surface area contributed by atoms with E-state index < -0.39 is 12.1 Å². The summed E-state index contributed by atoms with van der Waals surface area (Å²) in [5.74, 6) is -0.820. The van der Waals surface area contributed by atoms with Crippen LogP contribution in [0.1, 0.15) is 12.8 Å². The second-order valence-corrected chi connectivity index (χ2v) is 4.24. The van der Waals surface area contributed by atoms with Gasteiger partial charge in [-0.25, -0.2) is 4.98 Å². The van der Waals surface area contributed by atoms with Crippen molar-refractivity contribution in [3.05, 3.63) is 18.3 Å². The molecule has 0 spiro atoms. The third kappa shape index (κ3) is 2.62. The van der Waals surface area contributed by atoms with Crippen LogP contribution in [0, 0.1) is 5.92 Å². The summed E-state index contributed by atoms with van der Waals surface area (Å²) < 4.78 is 38.0. The van der Waals surface area contributed by atoms with Crippen molar-refractivity contribution in [2.24, 2.45) is 5.92 Å². The van der Waals surface area contributed by atoms with Crippen LogP contribution < -0.4 is 10.6 Å². The molecule has 0 bridgehead atoms. The van der Waals surface area contributed by atoms with Crippen molar-refractivity contribution in [2.45, 2.75) is 19.0 Å². The molecule has 1 aliphatic rings. The molecular formula is C11H14F3N3. The van der Waals surface area contributed by atoms with Crippen molar-refractivity contribution < 1.29 is 13.2 Å². The number of alkyl halides is 3. The van der Waals surface area contributed by atoms with Crippen molar-refractivity contribution in [3.63, 3.8) is 0 Å². The molecule has 2 rings (SSSR count). The van der Waals surface area contributed by atoms with Crippen LogP contribution in [-0.2, 0) is 0 Å². The molecule has 2 N–H and O–H groups in total. The Morgan fingerprint density at radius 1 is 1.41 bits per heavy atom. The lowest BCUT2D eigenvalue weighted by atomic mass is 9.97. The van der Waals surface area contributed by atoms with Gasteiger partial charge in [0.2, 0.25) is 0 Å². The average Bonchev–Trinajstić information content (AvgIpc) is 2.29. The smallest absolute Gasteiger partial charge is 0.393 e. The van der Waals surface area contributed by atoms with Gasteiger partial charge in [-0.2, -0.15) is 13.2 Å². The van der Waals surface area contributed by atoms with Crippen LogP contribution in [0.5, 0.6) is 0 Å². The van der Waals surface area contributed by atoms with Gasteiger partial charge in [0, 0.05) is 19.3 Å². The average molecular weight is 245 g/mol. The summed E-state index contributed by atoms with van der Waals surface area (Å²) in [6.07, 6.45) is -1.89. The van der Waals surface area contributed by atoms with Crippen LogP contribution >= 0.6 is 0 Å². The van der Waals surface area contributed by atoms with E-state index >= 15 is 0 Å². The summed E-state index contributed by atoms with van der Waals surface area (Å²) in [6, 6.07) is 3.32. The molecule has 0 radical (unpaired) electrons. The van der Waals surface area contributed by atoms with E-state index in [1.807, 2.05) is 0 Å². The SMILES string of the molecule is Nc1cccnc1N1CCCC(C(F)(F)F)C1. The van der Waals surface area contributed by atoms with Gasteiger partial charge >= 0.3 is 6.18 Å². The maximum Gasteiger partial charge on any atom is 0.393 e. The largest absolute Gasteiger partial charge is 0.396 e. The highest BCUT2D eigenvalue weighted by atomic mass is 19.4. The summed E-state index contributed by atoms with van der Waals surface area (Å²) in [5.41, 5.74) is 6.15. The van der Waals surface area contributed by atoms with Gasteiger partial charge in [-0.05, 0) is 25.0 Å². The highest BCUT2D eigenvalue weighted by molar-refractivity contribution is 5.62. The Kier molecular flexibility index (Phi) is 3.13. The predicted octanol–water partition coefficient (Wildman–Crippen LogP) is 2.44. The van der Waals surface area contributed by atoms with Gasteiger partial charge in [-0.3, -0.25) is 0 Å². The third-order valence-corrected chi connectivity index (χ3v) is 3.00. The molecule has 0 aliphatic carbocycles. The Balaban J connectivity index is 2.15. The third-order valence-electron chi connectivity index (χ3n) is 3.00. The molecule has 0 aromatic carbocycles. The molecule has 17 heavy (non-hydrogen) atoms. The summed E-state index contributed by atoms with van der Waals surface area (Å²) in [7, 11) is 0. The Bertz CT molecular complexity index is 392. The van der Waals surface area contributed by atoms with Gasteiger partial charge in [0.25, 0.3) is 0 Å². The van der Waals surface area contributed by atoms with Gasteiger partial charge in [-0.15, -0.1) is 0 Å². The van der Waals surface area contributed by atoms with Gasteiger partial charge in [-0.1, -0.05) is 0 Å². The molecule has 1 aromatic heterocycles. The first-order valence-corrected chi connectivity index (χ1v) is 5.50. The molecule has 1 unspecified atom stereocenters. The van der Waals surface area contributed by atoms with Crippen LogP contribution in [0.4, 0.5) is 24.7 Å². The summed E-state index contributed by atoms with van der Waals surface area (Å²) >= 11 is 0. The van der Waals surface area contributed by atoms with Crippen LogP contribution in [-0.4, -0.2) is 24.2 Å². The van der Waals surface area contributed by atoms with E-state index in [-0.39, 0.29) is 13.0 Å². The van der Waals surface area contributed by atoms with Crippen molar-refractivity contribution >= 4 is 11.5 Å². The molecular weight excluding hydrogens is 231 g/mol. The van der Waals surface area contributed by atoms with Crippen LogP contribution in [0.15, 0.2) is 18.3 Å². The Labute approximate surface area is 97.4 Å². The molecule has 1 aromatic rings. The van der Waals surface area contributed by atoms with E-state index in [4.69, 9.17) is 5.73 Å². The summed E-state index contributed by atoms with van der Waals surface area (Å²) in [4.78, 5) is 5.67. The number of halogens is 3. The number of pyridine rings is 1. The Morgan fingerprint density at radius 2 is 2.18 bits per heavy atom. The minimum atomic E-state index is -4.14. The first kappa shape index (κ1) is 12.0. The molecule has 0 saturated carbocycles. The van der Waals surface area contributed by atoms with Crippen molar-refractivity contribution in [2.75, 3.05) is 23.7 Å². The van der Waals surface area contributed by atoms with E-state index in [0.717, 1.165) is 0 Å². The number of nitrogens with two attached hydrogens (primary N) is 1. The first-order chi connectivity index (χ1) is 7.98. The second-order valence-electron chi connectivity index (χ2n) is 4.24. The van der Waals surface area contributed by atoms with E-state index in [1.165, 1.54) is 0 Å². The minimum absolute atomic E-state index is 0.0509. The van der Waals surface area contributed by atoms with Gasteiger partial charge in [0.05, 0.1) is 11.6 Å². The van der Waals surface area contributed by atoms with E-state index in [2.05, 4.69) is 4.98 Å². The molecule has 1 atom stereocenters. The number of hydrogen-bond acceptors (Lipinski definition) is 3. The van der Waals surface area contributed by atoms with E-state index in [9.17, 15) is 13.2 Å². The van der Waals surface area contributed by atoms with Crippen molar-refractivity contribution in [1.29, 1.82) is 0 Å². The molecule has 0 amide bonds. The Hall–Kier alpha value is -1.46. The van der Waals surface area contributed by atoms with Crippen LogP contribution in [0.3, 0.4) is 0 Å². The molecule has 2 heterocycles. The monoisotopic (exact) mass is 245 g/mol. The second kappa shape index (κ2) is 4.43. The van der Waals surface area contributed by atoms with Gasteiger partial charge in [0.15, 0.2) is 5.82 Å². The fourth-order valence-electron chi connectivity index (χ4n) is 2.11. The highest BCUT2D eigenvalue weighted by Gasteiger charge is 2.42. The molecule has 1 aliphatic heterocycles. The highest BCUT2D eigenvalue weighted by Crippen LogP contribution is 2.35. The number of hydrogen-bond donors (Lipinski definition) is 1. The lowest BCUT2D eigenvalue weighted by molar-refractivity contribution is -0.176. The number of nitrogen functional groups attached to an aromatic ring is 1. The quantitative estimate of drug-likeness (QED) is 0.826. The predicted molar refractivity (Wildman–Crippen MR) is 59.6 cm³/mol. The zero-order valence-corrected chi connectivity index (χ0v) is 9.24. The minimum Gasteiger partial charge on any atom is -0.396 e. The standard InChI is InChI=1S/C11H14F3N3/c12-11(13,14)8-3-2-6-17(7-8)10-9(15)4-1-5-16-10/h1,4-5,8H,2-3,6-7,15H2. The zero-order valence-electron chi connectivity index (χ0n) is 9.24. The topological polar surface area (TPSA) is 42.1 Å². The lowest BCUT2D eigenvalue weighted by Gasteiger charge is -2.34. The number of anilines is 2. The lowest BCUT2D eigenvalue weighted by Crippen LogP contribution is -2.42. The molecule has 6 heteroatoms. The van der Waals surface area contributed by atoms with Gasteiger partial charge < -0.3 is 10.6 Å². The zero-order chi connectivity index (χ0) is 12.5. The van der Waals surface area contributed by atoms with Crippen LogP contribution in [0.2, 0.25) is 0 Å². The fourth-order valence-corrected chi connectivity index (χ4v) is 2.11. The van der Waals surface area contributed by atoms with Crippen molar-refractivity contribution in [1.82, 2.24) is 4.98 Å². The first-order valence-electron chi connectivity index (χ1n) is 5.50. The molecule has 1 fully saturated rings. The normalized spacial score (nSPS) is 21.6. The number of nitrogens with zero attached hydrogens (tertiary/aromatic N) is 2. The summed E-state index contributed by atoms with van der Waals surface area (Å²) in [5, 5.41) is 0. The van der Waals surface area contributed by atoms with Gasteiger partial charge in [0.1, 0.15) is 0 Å². The fraction of sp³-hybridized carbons (Fsp3) is 0.545. The maximum atomic E-state index is 12.7. The van der Waals surface area contributed by atoms with Crippen molar-refractivity contribution in [3.8, 4) is 0 Å². The molecule has 1 saturated heterocycles. The van der Waals surface area contributed by atoms with Crippen LogP contribution in [0.25, 0.3) is 0 Å². The summed E-state index contributed by atoms with van der Waals surface area (Å²) in [6.45, 7) is 0.526. The van der Waals surface area contributed by atoms with E-state index in [1.54, 1.807) is 23.2 Å².